The molecule has 1 saturated carbocycles. The third-order valence-electron chi connectivity index (χ3n) is 3.28. The zero-order valence-corrected chi connectivity index (χ0v) is 11.2. The van der Waals surface area contributed by atoms with Crippen LogP contribution in [0, 0.1) is 0 Å². The number of carbonyl (C=O) groups excluding carboxylic acids is 1. The number of aliphatic hydroxyl groups is 1. The second-order valence-corrected chi connectivity index (χ2v) is 5.24. The van der Waals surface area contributed by atoms with Crippen LogP contribution in [0.5, 0.6) is 0 Å². The molecule has 3 nitrogen and oxygen atoms in total. The highest BCUT2D eigenvalue weighted by molar-refractivity contribution is 9.10. The van der Waals surface area contributed by atoms with E-state index in [0.29, 0.717) is 18.2 Å². The number of aliphatic hydroxyl groups excluding tert-OH is 1. The van der Waals surface area contributed by atoms with Crippen molar-refractivity contribution >= 4 is 27.9 Å². The van der Waals surface area contributed by atoms with E-state index in [2.05, 4.69) is 20.8 Å². The van der Waals surface area contributed by atoms with Crippen molar-refractivity contribution in [2.24, 2.45) is 0 Å². The van der Waals surface area contributed by atoms with Crippen LogP contribution in [-0.2, 0) is 0 Å². The number of benzene rings is 1. The lowest BCUT2D eigenvalue weighted by Gasteiger charge is -2.39. The molecule has 1 fully saturated rings. The molecule has 1 N–H and O–H groups in total. The molecule has 2 rings (SSSR count). The summed E-state index contributed by atoms with van der Waals surface area (Å²) in [5, 5.41) is 9.15. The van der Waals surface area contributed by atoms with E-state index in [1.807, 2.05) is 18.2 Å². The average Bonchev–Trinajstić information content (AvgIpc) is 2.26. The molecule has 0 bridgehead atoms. The zero-order valence-electron chi connectivity index (χ0n) is 9.60. The summed E-state index contributed by atoms with van der Waals surface area (Å²) < 4.78 is 0.904. The second kappa shape index (κ2) is 5.65. The van der Waals surface area contributed by atoms with Gasteiger partial charge in [0.05, 0.1) is 6.61 Å². The highest BCUT2D eigenvalue weighted by atomic mass is 79.9. The predicted molar refractivity (Wildman–Crippen MR) is 71.6 cm³/mol. The first-order valence-corrected chi connectivity index (χ1v) is 6.68. The van der Waals surface area contributed by atoms with Gasteiger partial charge in [0.15, 0.2) is 6.29 Å². The molecule has 0 unspecified atom stereocenters. The molecular formula is C13H16BrNO2. The molecule has 92 valence electrons. The molecule has 0 atom stereocenters. The monoisotopic (exact) mass is 297 g/mol. The fourth-order valence-electron chi connectivity index (χ4n) is 2.19. The number of aldehydes is 1. The SMILES string of the molecule is O=Cc1cc(Br)ccc1N(CCO)C1CCC1. The van der Waals surface area contributed by atoms with Crippen LogP contribution in [0.2, 0.25) is 0 Å². The number of carbonyl (C=O) groups is 1. The van der Waals surface area contributed by atoms with Crippen molar-refractivity contribution in [2.45, 2.75) is 25.3 Å². The van der Waals surface area contributed by atoms with E-state index >= 15 is 0 Å². The van der Waals surface area contributed by atoms with Gasteiger partial charge in [0, 0.05) is 28.3 Å². The standard InChI is InChI=1S/C13H16BrNO2/c14-11-4-5-13(10(8-11)9-17)15(6-7-16)12-2-1-3-12/h4-5,8-9,12,16H,1-3,6-7H2. The molecule has 0 radical (unpaired) electrons. The molecule has 1 aliphatic carbocycles. The first-order valence-electron chi connectivity index (χ1n) is 5.88. The van der Waals surface area contributed by atoms with E-state index in [1.54, 1.807) is 0 Å². The van der Waals surface area contributed by atoms with Gasteiger partial charge >= 0.3 is 0 Å². The van der Waals surface area contributed by atoms with Crippen molar-refractivity contribution in [3.05, 3.63) is 28.2 Å². The van der Waals surface area contributed by atoms with Crippen molar-refractivity contribution in [2.75, 3.05) is 18.1 Å². The van der Waals surface area contributed by atoms with E-state index in [4.69, 9.17) is 5.11 Å². The zero-order chi connectivity index (χ0) is 12.3. The number of halogens is 1. The molecule has 0 saturated heterocycles. The molecule has 0 aliphatic heterocycles. The maximum Gasteiger partial charge on any atom is 0.152 e. The largest absolute Gasteiger partial charge is 0.395 e. The number of hydrogen-bond acceptors (Lipinski definition) is 3. The van der Waals surface area contributed by atoms with Gasteiger partial charge in [-0.15, -0.1) is 0 Å². The maximum absolute atomic E-state index is 11.1. The molecule has 0 spiro atoms. The summed E-state index contributed by atoms with van der Waals surface area (Å²) in [5.41, 5.74) is 1.61. The summed E-state index contributed by atoms with van der Waals surface area (Å²) in [7, 11) is 0. The fourth-order valence-corrected chi connectivity index (χ4v) is 2.57. The van der Waals surface area contributed by atoms with Gasteiger partial charge in [-0.05, 0) is 37.5 Å². The molecule has 0 aromatic heterocycles. The van der Waals surface area contributed by atoms with Gasteiger partial charge in [-0.1, -0.05) is 15.9 Å². The van der Waals surface area contributed by atoms with Crippen molar-refractivity contribution in [3.63, 3.8) is 0 Å². The minimum absolute atomic E-state index is 0.116. The van der Waals surface area contributed by atoms with Crippen LogP contribution in [0.15, 0.2) is 22.7 Å². The number of nitrogens with zero attached hydrogens (tertiary/aromatic N) is 1. The van der Waals surface area contributed by atoms with Crippen molar-refractivity contribution in [1.82, 2.24) is 0 Å². The summed E-state index contributed by atoms with van der Waals surface area (Å²) >= 11 is 3.37. The Labute approximate surface area is 110 Å². The predicted octanol–water partition coefficient (Wildman–Crippen LogP) is 2.61. The highest BCUT2D eigenvalue weighted by Gasteiger charge is 2.26. The third kappa shape index (κ3) is 2.69. The molecule has 1 aliphatic rings. The molecule has 17 heavy (non-hydrogen) atoms. The Kier molecular flexibility index (Phi) is 4.18. The van der Waals surface area contributed by atoms with Crippen molar-refractivity contribution in [1.29, 1.82) is 0 Å². The van der Waals surface area contributed by atoms with Gasteiger partial charge in [-0.2, -0.15) is 0 Å². The summed E-state index contributed by atoms with van der Waals surface area (Å²) in [6.07, 6.45) is 4.41. The van der Waals surface area contributed by atoms with Gasteiger partial charge < -0.3 is 10.0 Å². The first-order chi connectivity index (χ1) is 8.26. The van der Waals surface area contributed by atoms with Gasteiger partial charge in [0.1, 0.15) is 0 Å². The van der Waals surface area contributed by atoms with Gasteiger partial charge in [0.2, 0.25) is 0 Å². The Morgan fingerprint density at radius 2 is 2.24 bits per heavy atom. The number of hydrogen-bond donors (Lipinski definition) is 1. The Morgan fingerprint density at radius 3 is 2.76 bits per heavy atom. The van der Waals surface area contributed by atoms with Gasteiger partial charge in [-0.3, -0.25) is 4.79 Å². The Bertz CT molecular complexity index is 404. The number of anilines is 1. The lowest BCUT2D eigenvalue weighted by atomic mass is 9.90. The van der Waals surface area contributed by atoms with Crippen LogP contribution in [-0.4, -0.2) is 30.6 Å². The Morgan fingerprint density at radius 1 is 1.47 bits per heavy atom. The molecule has 0 heterocycles. The van der Waals surface area contributed by atoms with E-state index in [1.165, 1.54) is 6.42 Å². The van der Waals surface area contributed by atoms with Crippen LogP contribution < -0.4 is 4.90 Å². The number of rotatable bonds is 5. The van der Waals surface area contributed by atoms with Crippen LogP contribution in [0.25, 0.3) is 0 Å². The first kappa shape index (κ1) is 12.6. The topological polar surface area (TPSA) is 40.5 Å². The van der Waals surface area contributed by atoms with E-state index in [0.717, 1.165) is 29.3 Å². The van der Waals surface area contributed by atoms with Crippen LogP contribution in [0.1, 0.15) is 29.6 Å². The molecular weight excluding hydrogens is 282 g/mol. The maximum atomic E-state index is 11.1. The van der Waals surface area contributed by atoms with Crippen molar-refractivity contribution in [3.8, 4) is 0 Å². The fraction of sp³-hybridized carbons (Fsp3) is 0.462. The summed E-state index contributed by atoms with van der Waals surface area (Å²) in [5.74, 6) is 0. The summed E-state index contributed by atoms with van der Waals surface area (Å²) in [4.78, 5) is 13.3. The summed E-state index contributed by atoms with van der Waals surface area (Å²) in [6, 6.07) is 6.18. The Balaban J connectivity index is 2.30. The van der Waals surface area contributed by atoms with E-state index in [9.17, 15) is 4.79 Å². The van der Waals surface area contributed by atoms with Crippen LogP contribution in [0.3, 0.4) is 0 Å². The molecule has 1 aromatic carbocycles. The van der Waals surface area contributed by atoms with Crippen LogP contribution >= 0.6 is 15.9 Å². The second-order valence-electron chi connectivity index (χ2n) is 4.32. The van der Waals surface area contributed by atoms with E-state index in [-0.39, 0.29) is 6.61 Å². The molecule has 4 heteroatoms. The third-order valence-corrected chi connectivity index (χ3v) is 3.78. The van der Waals surface area contributed by atoms with Crippen LogP contribution in [0.4, 0.5) is 5.69 Å². The molecule has 0 amide bonds. The van der Waals surface area contributed by atoms with Crippen molar-refractivity contribution < 1.29 is 9.90 Å². The summed E-state index contributed by atoms with van der Waals surface area (Å²) in [6.45, 7) is 0.706. The lowest BCUT2D eigenvalue weighted by Crippen LogP contribution is -2.42. The Hall–Kier alpha value is -0.870. The minimum Gasteiger partial charge on any atom is -0.395 e. The van der Waals surface area contributed by atoms with Gasteiger partial charge in [0.25, 0.3) is 0 Å². The smallest absolute Gasteiger partial charge is 0.152 e. The lowest BCUT2D eigenvalue weighted by molar-refractivity contribution is 0.112. The molecule has 1 aromatic rings. The van der Waals surface area contributed by atoms with E-state index < -0.39 is 0 Å². The quantitative estimate of drug-likeness (QED) is 0.850. The van der Waals surface area contributed by atoms with Gasteiger partial charge in [-0.25, -0.2) is 0 Å². The average molecular weight is 298 g/mol. The highest BCUT2D eigenvalue weighted by Crippen LogP contribution is 2.32. The minimum atomic E-state index is 0.116. The normalized spacial score (nSPS) is 15.4.